The third-order valence-electron chi connectivity index (χ3n) is 5.58. The van der Waals surface area contributed by atoms with Gasteiger partial charge >= 0.3 is 6.18 Å². The number of alkyl halides is 3. The van der Waals surface area contributed by atoms with Gasteiger partial charge in [0, 0.05) is 12.0 Å². The van der Waals surface area contributed by atoms with Crippen LogP contribution in [0.5, 0.6) is 11.5 Å². The molecule has 3 heterocycles. The van der Waals surface area contributed by atoms with E-state index in [9.17, 15) is 18.4 Å². The average molecular weight is 509 g/mol. The van der Waals surface area contributed by atoms with Crippen LogP contribution in [0, 0.1) is 25.2 Å². The molecular formula is C22H20BrF3N4O2. The van der Waals surface area contributed by atoms with Crippen molar-refractivity contribution in [2.45, 2.75) is 45.9 Å². The third-order valence-corrected chi connectivity index (χ3v) is 6.17. The van der Waals surface area contributed by atoms with Gasteiger partial charge in [0.1, 0.15) is 34.3 Å². The number of nitrogens with two attached hydrogens (primary N) is 1. The molecule has 32 heavy (non-hydrogen) atoms. The summed E-state index contributed by atoms with van der Waals surface area (Å²) in [6.45, 7) is 7.13. The Hall–Kier alpha value is -2.93. The summed E-state index contributed by atoms with van der Waals surface area (Å²) in [5.41, 5.74) is 6.28. The monoisotopic (exact) mass is 508 g/mol. The molecule has 6 nitrogen and oxygen atoms in total. The molecule has 0 radical (unpaired) electrons. The van der Waals surface area contributed by atoms with Crippen LogP contribution in [0.1, 0.15) is 41.9 Å². The number of methoxy groups -OCH3 is 1. The highest BCUT2D eigenvalue weighted by Crippen LogP contribution is 2.49. The first-order valence-corrected chi connectivity index (χ1v) is 10.5. The Morgan fingerprint density at radius 1 is 1.34 bits per heavy atom. The maximum absolute atomic E-state index is 14.1. The van der Waals surface area contributed by atoms with Crippen LogP contribution in [-0.2, 0) is 12.6 Å². The normalized spacial score (nSPS) is 14.9. The summed E-state index contributed by atoms with van der Waals surface area (Å²) in [6, 6.07) is 3.64. The summed E-state index contributed by atoms with van der Waals surface area (Å²) in [6.07, 6.45) is -4.60. The molecule has 0 atom stereocenters. The number of nitrogens with zero attached hydrogens (tertiary/aromatic N) is 3. The first-order chi connectivity index (χ1) is 14.8. The van der Waals surface area contributed by atoms with Crippen molar-refractivity contribution in [3.8, 4) is 23.3 Å². The molecule has 0 bridgehead atoms. The van der Waals surface area contributed by atoms with Gasteiger partial charge in [0.15, 0.2) is 11.4 Å². The fraction of sp³-hybridized carbons (Fsp3) is 0.364. The minimum atomic E-state index is -4.79. The Kier molecular flexibility index (Phi) is 4.90. The molecule has 0 fully saturated rings. The van der Waals surface area contributed by atoms with Gasteiger partial charge in [-0.25, -0.2) is 4.98 Å². The van der Waals surface area contributed by atoms with Gasteiger partial charge in [-0.2, -0.15) is 18.4 Å². The first-order valence-electron chi connectivity index (χ1n) is 9.69. The fourth-order valence-electron chi connectivity index (χ4n) is 4.41. The zero-order valence-corrected chi connectivity index (χ0v) is 19.6. The predicted molar refractivity (Wildman–Crippen MR) is 117 cm³/mol. The number of ether oxygens (including phenoxy) is 2. The highest BCUT2D eigenvalue weighted by molar-refractivity contribution is 9.10. The van der Waals surface area contributed by atoms with E-state index in [0.29, 0.717) is 21.5 Å². The molecule has 4 rings (SSSR count). The van der Waals surface area contributed by atoms with E-state index in [1.54, 1.807) is 33.8 Å². The van der Waals surface area contributed by atoms with Crippen molar-refractivity contribution in [1.29, 1.82) is 5.26 Å². The van der Waals surface area contributed by atoms with Gasteiger partial charge < -0.3 is 15.2 Å². The second-order valence-corrected chi connectivity index (χ2v) is 9.24. The van der Waals surface area contributed by atoms with E-state index in [0.717, 1.165) is 5.56 Å². The summed E-state index contributed by atoms with van der Waals surface area (Å²) in [7, 11) is 1.50. The highest BCUT2D eigenvalue weighted by atomic mass is 79.9. The van der Waals surface area contributed by atoms with Crippen LogP contribution in [0.3, 0.4) is 0 Å². The molecule has 1 aliphatic rings. The number of benzene rings is 1. The van der Waals surface area contributed by atoms with Gasteiger partial charge in [-0.1, -0.05) is 0 Å². The number of hydrogen-bond acceptors (Lipinski definition) is 5. The van der Waals surface area contributed by atoms with E-state index in [4.69, 9.17) is 15.2 Å². The molecule has 3 aromatic rings. The van der Waals surface area contributed by atoms with Crippen LogP contribution in [0.15, 0.2) is 10.5 Å². The molecule has 0 saturated carbocycles. The smallest absolute Gasteiger partial charge is 0.434 e. The molecule has 1 aromatic carbocycles. The molecule has 0 spiro atoms. The van der Waals surface area contributed by atoms with Crippen molar-refractivity contribution in [1.82, 2.24) is 9.55 Å². The van der Waals surface area contributed by atoms with Gasteiger partial charge in [-0.15, -0.1) is 0 Å². The van der Waals surface area contributed by atoms with Crippen molar-refractivity contribution in [2.75, 3.05) is 12.8 Å². The summed E-state index contributed by atoms with van der Waals surface area (Å²) in [5.74, 6) is 0.590. The number of anilines is 1. The maximum atomic E-state index is 14.1. The Bertz CT molecular complexity index is 1340. The quantitative estimate of drug-likeness (QED) is 0.486. The lowest BCUT2D eigenvalue weighted by Crippen LogP contribution is -2.25. The molecule has 0 amide bonds. The minimum Gasteiger partial charge on any atom is -0.495 e. The molecule has 10 heteroatoms. The topological polar surface area (TPSA) is 86.1 Å². The van der Waals surface area contributed by atoms with E-state index in [1.165, 1.54) is 11.7 Å². The van der Waals surface area contributed by atoms with Crippen LogP contribution in [0.2, 0.25) is 0 Å². The molecule has 0 unspecified atom stereocenters. The summed E-state index contributed by atoms with van der Waals surface area (Å²) < 4.78 is 55.9. The second kappa shape index (κ2) is 7.04. The number of nitrogen functional groups attached to an aromatic ring is 1. The standard InChI is InChI=1S/C22H20BrF3N4O2/c1-9-6-12(23)17(31-5)10(2)15(9)30-16-14(11(8-27)20(30)28)19(22(24,25)26)29-13-7-21(3,4)32-18(13)16/h6H,7,28H2,1-5H3. The van der Waals surface area contributed by atoms with Crippen LogP contribution >= 0.6 is 15.9 Å². The number of aromatic nitrogens is 2. The molecular weight excluding hydrogens is 489 g/mol. The average Bonchev–Trinajstić information content (AvgIpc) is 3.12. The SMILES string of the molecule is COc1c(Br)cc(C)c(-n2c(N)c(C#N)c3c(C(F)(F)F)nc4c(c32)OC(C)(C)C4)c1C. The molecule has 2 N–H and O–H groups in total. The van der Waals surface area contributed by atoms with E-state index < -0.39 is 17.5 Å². The number of aryl methyl sites for hydroxylation is 1. The van der Waals surface area contributed by atoms with Crippen molar-refractivity contribution < 1.29 is 22.6 Å². The Morgan fingerprint density at radius 3 is 2.56 bits per heavy atom. The lowest BCUT2D eigenvalue weighted by Gasteiger charge is -2.21. The second-order valence-electron chi connectivity index (χ2n) is 8.39. The molecule has 2 aromatic heterocycles. The van der Waals surface area contributed by atoms with Crippen molar-refractivity contribution in [3.63, 3.8) is 0 Å². The van der Waals surface area contributed by atoms with Crippen molar-refractivity contribution >= 4 is 32.7 Å². The minimum absolute atomic E-state index is 0.0810. The molecule has 0 saturated heterocycles. The molecule has 1 aliphatic heterocycles. The van der Waals surface area contributed by atoms with Gasteiger partial charge in [-0.3, -0.25) is 4.57 Å². The van der Waals surface area contributed by atoms with Gasteiger partial charge in [-0.05, 0) is 55.3 Å². The lowest BCUT2D eigenvalue weighted by molar-refractivity contribution is -0.139. The van der Waals surface area contributed by atoms with E-state index in [2.05, 4.69) is 20.9 Å². The summed E-state index contributed by atoms with van der Waals surface area (Å²) in [4.78, 5) is 3.90. The van der Waals surface area contributed by atoms with Crippen LogP contribution < -0.4 is 15.2 Å². The largest absolute Gasteiger partial charge is 0.495 e. The number of pyridine rings is 1. The Labute approximate surface area is 190 Å². The summed E-state index contributed by atoms with van der Waals surface area (Å²) in [5, 5.41) is 9.42. The predicted octanol–water partition coefficient (Wildman–Crippen LogP) is 5.60. The van der Waals surface area contributed by atoms with E-state index in [-0.39, 0.29) is 40.1 Å². The number of nitriles is 1. The lowest BCUT2D eigenvalue weighted by atomic mass is 10.0. The van der Waals surface area contributed by atoms with Crippen LogP contribution in [0.4, 0.5) is 19.0 Å². The van der Waals surface area contributed by atoms with Gasteiger partial charge in [0.25, 0.3) is 0 Å². The van der Waals surface area contributed by atoms with Crippen molar-refractivity contribution in [3.05, 3.63) is 38.6 Å². The fourth-order valence-corrected chi connectivity index (χ4v) is 5.21. The zero-order valence-electron chi connectivity index (χ0n) is 18.0. The summed E-state index contributed by atoms with van der Waals surface area (Å²) >= 11 is 3.45. The Morgan fingerprint density at radius 2 is 2.00 bits per heavy atom. The molecule has 0 aliphatic carbocycles. The maximum Gasteiger partial charge on any atom is 0.434 e. The number of halogens is 4. The third kappa shape index (κ3) is 3.10. The van der Waals surface area contributed by atoms with Crippen LogP contribution in [-0.4, -0.2) is 22.3 Å². The number of hydrogen-bond donors (Lipinski definition) is 1. The van der Waals surface area contributed by atoms with Crippen LogP contribution in [0.25, 0.3) is 16.6 Å². The van der Waals surface area contributed by atoms with Gasteiger partial charge in [0.05, 0.1) is 28.4 Å². The van der Waals surface area contributed by atoms with E-state index >= 15 is 0 Å². The number of rotatable bonds is 2. The number of fused-ring (bicyclic) bond motifs is 3. The molecule has 168 valence electrons. The van der Waals surface area contributed by atoms with E-state index in [1.807, 2.05) is 6.07 Å². The zero-order chi connectivity index (χ0) is 23.7. The van der Waals surface area contributed by atoms with Crippen molar-refractivity contribution in [2.24, 2.45) is 0 Å². The first kappa shape index (κ1) is 22.3. The Balaban J connectivity index is 2.27. The van der Waals surface area contributed by atoms with Gasteiger partial charge in [0.2, 0.25) is 0 Å². The highest BCUT2D eigenvalue weighted by Gasteiger charge is 2.43.